The van der Waals surface area contributed by atoms with Crippen molar-refractivity contribution in [3.05, 3.63) is 29.8 Å². The topological polar surface area (TPSA) is 75.4 Å². The molecule has 0 spiro atoms. The molecule has 1 aromatic carbocycles. The highest BCUT2D eigenvalue weighted by molar-refractivity contribution is 5.98. The highest BCUT2D eigenvalue weighted by Gasteiger charge is 2.24. The van der Waals surface area contributed by atoms with E-state index in [1.165, 1.54) is 5.56 Å². The van der Waals surface area contributed by atoms with Gasteiger partial charge < -0.3 is 16.0 Å². The molecule has 5 nitrogen and oxygen atoms in total. The second kappa shape index (κ2) is 5.18. The Bertz CT molecular complexity index is 471. The molecular weight excluding hydrogens is 230 g/mol. The third kappa shape index (κ3) is 2.51. The third-order valence-corrected chi connectivity index (χ3v) is 3.02. The zero-order valence-corrected chi connectivity index (χ0v) is 10.3. The maximum absolute atomic E-state index is 12.0. The summed E-state index contributed by atoms with van der Waals surface area (Å²) in [4.78, 5) is 25.0. The van der Waals surface area contributed by atoms with Crippen LogP contribution in [0, 0.1) is 0 Å². The smallest absolute Gasteiger partial charge is 0.246 e. The van der Waals surface area contributed by atoms with Crippen LogP contribution in [0.5, 0.6) is 0 Å². The van der Waals surface area contributed by atoms with Crippen molar-refractivity contribution in [2.75, 3.05) is 18.0 Å². The number of hydrogen-bond acceptors (Lipinski definition) is 3. The van der Waals surface area contributed by atoms with Crippen molar-refractivity contribution in [3.63, 3.8) is 0 Å². The molecule has 96 valence electrons. The van der Waals surface area contributed by atoms with Gasteiger partial charge in [0, 0.05) is 12.2 Å². The molecule has 1 heterocycles. The number of hydrogen-bond donors (Lipinski definition) is 2. The lowest BCUT2D eigenvalue weighted by Crippen LogP contribution is -2.44. The first-order chi connectivity index (χ1) is 8.59. The van der Waals surface area contributed by atoms with Crippen LogP contribution in [-0.2, 0) is 16.0 Å². The number of nitrogens with two attached hydrogens (primary N) is 1. The quantitative estimate of drug-likeness (QED) is 0.792. The molecule has 1 aromatic rings. The van der Waals surface area contributed by atoms with Gasteiger partial charge in [0.1, 0.15) is 0 Å². The second-order valence-electron chi connectivity index (χ2n) is 4.43. The van der Waals surface area contributed by atoms with Crippen molar-refractivity contribution < 1.29 is 9.59 Å². The Labute approximate surface area is 106 Å². The summed E-state index contributed by atoms with van der Waals surface area (Å²) in [7, 11) is 0. The maximum atomic E-state index is 12.0. The van der Waals surface area contributed by atoms with Crippen LogP contribution in [0.25, 0.3) is 0 Å². The predicted molar refractivity (Wildman–Crippen MR) is 69.2 cm³/mol. The molecule has 0 fully saturated rings. The number of fused-ring (bicyclic) bond motifs is 1. The van der Waals surface area contributed by atoms with Crippen LogP contribution >= 0.6 is 0 Å². The molecule has 0 bridgehead atoms. The number of carbonyl (C=O) groups is 2. The Morgan fingerprint density at radius 2 is 2.17 bits per heavy atom. The molecule has 5 heteroatoms. The van der Waals surface area contributed by atoms with E-state index < -0.39 is 6.04 Å². The summed E-state index contributed by atoms with van der Waals surface area (Å²) in [5.74, 6) is -0.412. The van der Waals surface area contributed by atoms with Crippen molar-refractivity contribution in [3.8, 4) is 0 Å². The number of amides is 2. The highest BCUT2D eigenvalue weighted by Crippen LogP contribution is 2.27. The minimum Gasteiger partial charge on any atom is -0.346 e. The summed E-state index contributed by atoms with van der Waals surface area (Å²) < 4.78 is 0. The van der Waals surface area contributed by atoms with Crippen LogP contribution in [0.15, 0.2) is 24.3 Å². The van der Waals surface area contributed by atoms with Gasteiger partial charge in [-0.1, -0.05) is 18.2 Å². The molecule has 3 N–H and O–H groups in total. The van der Waals surface area contributed by atoms with Gasteiger partial charge in [-0.15, -0.1) is 0 Å². The Kier molecular flexibility index (Phi) is 3.62. The predicted octanol–water partition coefficient (Wildman–Crippen LogP) is 0.0391. The average Bonchev–Trinajstić information content (AvgIpc) is 2.79. The number of para-hydroxylation sites is 1. The Balaban J connectivity index is 1.98. The largest absolute Gasteiger partial charge is 0.346 e. The molecule has 1 aliphatic heterocycles. The SMILES string of the molecule is C[C@H](N)C(=O)NCC(=O)N1CCc2ccccc21. The van der Waals surface area contributed by atoms with Crippen molar-refractivity contribution in [2.24, 2.45) is 5.73 Å². The molecule has 0 aliphatic carbocycles. The minimum absolute atomic E-state index is 0.00525. The number of nitrogens with zero attached hydrogens (tertiary/aromatic N) is 1. The number of carbonyl (C=O) groups excluding carboxylic acids is 2. The van der Waals surface area contributed by atoms with Gasteiger partial charge in [-0.25, -0.2) is 0 Å². The molecule has 2 rings (SSSR count). The molecule has 18 heavy (non-hydrogen) atoms. The minimum atomic E-state index is -0.594. The van der Waals surface area contributed by atoms with Gasteiger partial charge in [-0.3, -0.25) is 9.59 Å². The van der Waals surface area contributed by atoms with E-state index in [2.05, 4.69) is 5.32 Å². The molecule has 0 unspecified atom stereocenters. The lowest BCUT2D eigenvalue weighted by molar-refractivity contribution is -0.125. The number of rotatable bonds is 3. The Morgan fingerprint density at radius 3 is 2.89 bits per heavy atom. The lowest BCUT2D eigenvalue weighted by Gasteiger charge is -2.18. The fourth-order valence-corrected chi connectivity index (χ4v) is 2.02. The summed E-state index contributed by atoms with van der Waals surface area (Å²) in [5, 5.41) is 2.53. The molecule has 2 amide bonds. The summed E-state index contributed by atoms with van der Waals surface area (Å²) in [6, 6.07) is 7.22. The normalized spacial score (nSPS) is 15.1. The third-order valence-electron chi connectivity index (χ3n) is 3.02. The number of nitrogens with one attached hydrogen (secondary N) is 1. The van der Waals surface area contributed by atoms with Crippen LogP contribution in [-0.4, -0.2) is 30.9 Å². The van der Waals surface area contributed by atoms with E-state index in [4.69, 9.17) is 5.73 Å². The summed E-state index contributed by atoms with van der Waals surface area (Å²) in [5.41, 5.74) is 7.53. The molecule has 1 atom stereocenters. The fourth-order valence-electron chi connectivity index (χ4n) is 2.02. The van der Waals surface area contributed by atoms with Gasteiger partial charge in [-0.2, -0.15) is 0 Å². The van der Waals surface area contributed by atoms with Crippen LogP contribution < -0.4 is 16.0 Å². The highest BCUT2D eigenvalue weighted by atomic mass is 16.2. The zero-order valence-electron chi connectivity index (χ0n) is 10.3. The van der Waals surface area contributed by atoms with Gasteiger partial charge in [-0.05, 0) is 25.0 Å². The van der Waals surface area contributed by atoms with Crippen LogP contribution in [0.3, 0.4) is 0 Å². The molecule has 0 aromatic heterocycles. The van der Waals surface area contributed by atoms with E-state index in [9.17, 15) is 9.59 Å². The van der Waals surface area contributed by atoms with Gasteiger partial charge in [0.05, 0.1) is 12.6 Å². The molecular formula is C13H17N3O2. The molecule has 1 aliphatic rings. The average molecular weight is 247 g/mol. The van der Waals surface area contributed by atoms with E-state index in [0.717, 1.165) is 12.1 Å². The maximum Gasteiger partial charge on any atom is 0.246 e. The van der Waals surface area contributed by atoms with E-state index >= 15 is 0 Å². The van der Waals surface area contributed by atoms with Crippen LogP contribution in [0.1, 0.15) is 12.5 Å². The van der Waals surface area contributed by atoms with E-state index in [1.54, 1.807) is 11.8 Å². The molecule has 0 radical (unpaired) electrons. The van der Waals surface area contributed by atoms with Crippen molar-refractivity contribution in [2.45, 2.75) is 19.4 Å². The van der Waals surface area contributed by atoms with Crippen LogP contribution in [0.4, 0.5) is 5.69 Å². The Hall–Kier alpha value is -1.88. The second-order valence-corrected chi connectivity index (χ2v) is 4.43. The number of anilines is 1. The van der Waals surface area contributed by atoms with Gasteiger partial charge in [0.2, 0.25) is 11.8 Å². The summed E-state index contributed by atoms with van der Waals surface area (Å²) in [6.07, 6.45) is 0.864. The van der Waals surface area contributed by atoms with E-state index in [-0.39, 0.29) is 18.4 Å². The van der Waals surface area contributed by atoms with Gasteiger partial charge in [0.25, 0.3) is 0 Å². The van der Waals surface area contributed by atoms with Crippen molar-refractivity contribution >= 4 is 17.5 Å². The standard InChI is InChI=1S/C13H17N3O2/c1-9(14)13(18)15-8-12(17)16-7-6-10-4-2-3-5-11(10)16/h2-5,9H,6-8,14H2,1H3,(H,15,18)/t9-/m0/s1. The molecule has 0 saturated heterocycles. The zero-order chi connectivity index (χ0) is 13.1. The monoisotopic (exact) mass is 247 g/mol. The van der Waals surface area contributed by atoms with Crippen molar-refractivity contribution in [1.29, 1.82) is 0 Å². The first-order valence-corrected chi connectivity index (χ1v) is 6.01. The van der Waals surface area contributed by atoms with Crippen LogP contribution in [0.2, 0.25) is 0 Å². The Morgan fingerprint density at radius 1 is 1.44 bits per heavy atom. The first-order valence-electron chi connectivity index (χ1n) is 6.01. The lowest BCUT2D eigenvalue weighted by atomic mass is 10.2. The van der Waals surface area contributed by atoms with E-state index in [0.29, 0.717) is 6.54 Å². The first kappa shape index (κ1) is 12.6. The van der Waals surface area contributed by atoms with Gasteiger partial charge in [0.15, 0.2) is 0 Å². The number of benzene rings is 1. The fraction of sp³-hybridized carbons (Fsp3) is 0.385. The van der Waals surface area contributed by atoms with Crippen molar-refractivity contribution in [1.82, 2.24) is 5.32 Å². The van der Waals surface area contributed by atoms with Gasteiger partial charge >= 0.3 is 0 Å². The molecule has 0 saturated carbocycles. The summed E-state index contributed by atoms with van der Waals surface area (Å²) in [6.45, 7) is 2.26. The van der Waals surface area contributed by atoms with E-state index in [1.807, 2.05) is 24.3 Å². The summed E-state index contributed by atoms with van der Waals surface area (Å²) >= 11 is 0.